The highest BCUT2D eigenvalue weighted by atomic mass is 32.2. The van der Waals surface area contributed by atoms with E-state index >= 15 is 0 Å². The molecular weight excluding hydrogens is 771 g/mol. The number of carbonyl (C=O) groups is 5. The molecule has 14 heteroatoms. The Hall–Kier alpha value is -6.41. The second-order valence-corrected chi connectivity index (χ2v) is 16.4. The van der Waals surface area contributed by atoms with Gasteiger partial charge in [0.1, 0.15) is 28.5 Å². The fourth-order valence-electron chi connectivity index (χ4n) is 7.05. The first-order valence-electron chi connectivity index (χ1n) is 19.3. The Morgan fingerprint density at radius 2 is 1.56 bits per heavy atom. The van der Waals surface area contributed by atoms with Crippen molar-refractivity contribution in [3.05, 3.63) is 149 Å². The molecule has 4 amide bonds. The molecule has 4 heterocycles. The number of fused-ring (bicyclic) bond motifs is 1. The minimum atomic E-state index is -0.915. The van der Waals surface area contributed by atoms with E-state index in [1.807, 2.05) is 72.8 Å². The molecule has 13 nitrogen and oxygen atoms in total. The summed E-state index contributed by atoms with van der Waals surface area (Å²) in [5.74, 6) is -0.587. The zero-order valence-corrected chi connectivity index (χ0v) is 34.1. The lowest BCUT2D eigenvalue weighted by Crippen LogP contribution is -2.70. The first kappa shape index (κ1) is 40.8. The van der Waals surface area contributed by atoms with Gasteiger partial charge in [-0.15, -0.1) is 11.8 Å². The largest absolute Gasteiger partial charge is 0.497 e. The summed E-state index contributed by atoms with van der Waals surface area (Å²) in [6.45, 7) is 6.11. The highest BCUT2D eigenvalue weighted by Crippen LogP contribution is 2.43. The molecule has 0 radical (unpaired) electrons. The van der Waals surface area contributed by atoms with Crippen LogP contribution < -0.4 is 19.9 Å². The third-order valence-corrected chi connectivity index (χ3v) is 11.2. The summed E-state index contributed by atoms with van der Waals surface area (Å²) in [6, 6.07) is 28.6. The van der Waals surface area contributed by atoms with Crippen molar-refractivity contribution in [3.63, 3.8) is 0 Å². The van der Waals surface area contributed by atoms with Crippen LogP contribution in [0.5, 0.6) is 5.75 Å². The van der Waals surface area contributed by atoms with Gasteiger partial charge < -0.3 is 29.7 Å². The number of carbonyl (C=O) groups excluding carboxylic acids is 5. The number of benzene rings is 3. The van der Waals surface area contributed by atoms with E-state index in [-0.39, 0.29) is 29.8 Å². The number of ether oxygens (including phenoxy) is 3. The quantitative estimate of drug-likeness (QED) is 0.0799. The van der Waals surface area contributed by atoms with Crippen LogP contribution in [-0.2, 0) is 41.7 Å². The molecular formula is C45H46N5O8S+. The fourth-order valence-corrected chi connectivity index (χ4v) is 8.35. The minimum absolute atomic E-state index is 0.0419. The molecule has 3 aromatic carbocycles. The fraction of sp³-hybridized carbons (Fsp3) is 0.289. The number of thioether (sulfide) groups is 1. The number of β-lactam (4-membered cyclic amide) rings is 1. The maximum atomic E-state index is 14.4. The molecule has 59 heavy (non-hydrogen) atoms. The molecule has 3 aliphatic rings. The van der Waals surface area contributed by atoms with E-state index in [0.29, 0.717) is 42.1 Å². The Labute approximate surface area is 347 Å². The topological polar surface area (TPSA) is 147 Å². The molecule has 3 aliphatic heterocycles. The van der Waals surface area contributed by atoms with Gasteiger partial charge in [0.05, 0.1) is 7.11 Å². The van der Waals surface area contributed by atoms with Crippen molar-refractivity contribution in [2.45, 2.75) is 63.4 Å². The number of likely N-dealkylation sites (tertiary alicyclic amines) is 1. The molecule has 0 bridgehead atoms. The van der Waals surface area contributed by atoms with Crippen molar-refractivity contribution in [2.24, 2.45) is 0 Å². The molecule has 304 valence electrons. The standard InChI is InChI=1S/C45H45N5O8S/c1-45(2,3)58-44(55)47-37-41(53)50-38(43(54)57-39(30-11-7-5-8-12-30)31-13-9-6-10-14-31)33(28-59-42(37)50)25-32-21-24-49(40(32)52)26-29-19-22-48(23-20-29)27-36(51)46-34-15-17-35(56-4)18-16-34/h5-20,22-23,25,37,39,42H,21,24,26-28H2,1-4H3,(H-,46,47,51,55)/p+1. The summed E-state index contributed by atoms with van der Waals surface area (Å²) in [7, 11) is 1.58. The highest BCUT2D eigenvalue weighted by Gasteiger charge is 2.55. The van der Waals surface area contributed by atoms with E-state index in [0.717, 1.165) is 16.7 Å². The number of allylic oxidation sites excluding steroid dienone is 1. The van der Waals surface area contributed by atoms with Gasteiger partial charge in [-0.2, -0.15) is 4.57 Å². The van der Waals surface area contributed by atoms with Crippen molar-refractivity contribution in [2.75, 3.05) is 24.7 Å². The summed E-state index contributed by atoms with van der Waals surface area (Å²) in [4.78, 5) is 70.5. The number of methoxy groups -OCH3 is 1. The summed E-state index contributed by atoms with van der Waals surface area (Å²) in [5, 5.41) is 4.96. The Balaban J connectivity index is 1.09. The van der Waals surface area contributed by atoms with Gasteiger partial charge in [0.25, 0.3) is 11.8 Å². The van der Waals surface area contributed by atoms with Crippen molar-refractivity contribution in [1.82, 2.24) is 15.1 Å². The molecule has 1 aromatic heterocycles. The van der Waals surface area contributed by atoms with E-state index in [9.17, 15) is 24.0 Å². The molecule has 2 atom stereocenters. The van der Waals surface area contributed by atoms with Crippen LogP contribution in [-0.4, -0.2) is 76.0 Å². The third-order valence-electron chi connectivity index (χ3n) is 9.89. The number of esters is 1. The van der Waals surface area contributed by atoms with Gasteiger partial charge in [-0.3, -0.25) is 19.3 Å². The maximum absolute atomic E-state index is 14.4. The average molecular weight is 817 g/mol. The van der Waals surface area contributed by atoms with Crippen molar-refractivity contribution in [3.8, 4) is 5.75 Å². The number of pyridine rings is 1. The number of rotatable bonds is 12. The predicted molar refractivity (Wildman–Crippen MR) is 220 cm³/mol. The molecule has 0 saturated carbocycles. The zero-order chi connectivity index (χ0) is 41.7. The molecule has 7 rings (SSSR count). The number of nitrogens with one attached hydrogen (secondary N) is 2. The summed E-state index contributed by atoms with van der Waals surface area (Å²) >= 11 is 1.38. The first-order valence-corrected chi connectivity index (χ1v) is 20.3. The van der Waals surface area contributed by atoms with Gasteiger partial charge in [0, 0.05) is 42.2 Å². The normalized spacial score (nSPS) is 18.4. The number of aromatic nitrogens is 1. The molecule has 2 N–H and O–H groups in total. The van der Waals surface area contributed by atoms with E-state index in [1.54, 1.807) is 80.1 Å². The number of amides is 4. The van der Waals surface area contributed by atoms with Crippen molar-refractivity contribution in [1.29, 1.82) is 0 Å². The van der Waals surface area contributed by atoms with E-state index < -0.39 is 41.1 Å². The summed E-state index contributed by atoms with van der Waals surface area (Å²) in [6.07, 6.45) is 4.24. The smallest absolute Gasteiger partial charge is 0.408 e. The number of hydrogen-bond acceptors (Lipinski definition) is 9. The average Bonchev–Trinajstić information content (AvgIpc) is 3.56. The maximum Gasteiger partial charge on any atom is 0.408 e. The number of nitrogens with zero attached hydrogens (tertiary/aromatic N) is 3. The third kappa shape index (κ3) is 9.66. The van der Waals surface area contributed by atoms with E-state index in [2.05, 4.69) is 10.6 Å². The van der Waals surface area contributed by atoms with Gasteiger partial charge in [0.15, 0.2) is 18.5 Å². The molecule has 2 saturated heterocycles. The Morgan fingerprint density at radius 1 is 0.915 bits per heavy atom. The van der Waals surface area contributed by atoms with Crippen LogP contribution >= 0.6 is 11.8 Å². The SMILES string of the molecule is COc1ccc(NC(=O)C[n+]2ccc(CN3CCC(=CC4=C(C(=O)OC(c5ccccc5)c5ccccc5)N5C(=O)C(NC(=O)OC(C)(C)C)C5SC4)C3=O)cc2)cc1. The van der Waals surface area contributed by atoms with Gasteiger partial charge in [-0.1, -0.05) is 60.7 Å². The van der Waals surface area contributed by atoms with Crippen LogP contribution in [0, 0.1) is 0 Å². The van der Waals surface area contributed by atoms with Crippen LogP contribution in [0.3, 0.4) is 0 Å². The van der Waals surface area contributed by atoms with E-state index in [4.69, 9.17) is 14.2 Å². The molecule has 0 aliphatic carbocycles. The lowest BCUT2D eigenvalue weighted by Gasteiger charge is -2.49. The van der Waals surface area contributed by atoms with Crippen LogP contribution in [0.15, 0.2) is 132 Å². The van der Waals surface area contributed by atoms with Gasteiger partial charge >= 0.3 is 12.1 Å². The second-order valence-electron chi connectivity index (χ2n) is 15.3. The highest BCUT2D eigenvalue weighted by molar-refractivity contribution is 8.00. The lowest BCUT2D eigenvalue weighted by molar-refractivity contribution is -0.684. The van der Waals surface area contributed by atoms with Crippen molar-refractivity contribution < 1.29 is 42.8 Å². The Bertz CT molecular complexity index is 2240. The zero-order valence-electron chi connectivity index (χ0n) is 33.3. The minimum Gasteiger partial charge on any atom is -0.497 e. The molecule has 2 unspecified atom stereocenters. The lowest BCUT2D eigenvalue weighted by atomic mass is 10.00. The summed E-state index contributed by atoms with van der Waals surface area (Å²) < 4.78 is 18.6. The van der Waals surface area contributed by atoms with Crippen LogP contribution in [0.2, 0.25) is 0 Å². The predicted octanol–water partition coefficient (Wildman–Crippen LogP) is 5.68. The molecule has 4 aromatic rings. The van der Waals surface area contributed by atoms with Crippen LogP contribution in [0.4, 0.5) is 10.5 Å². The first-order chi connectivity index (χ1) is 28.4. The van der Waals surface area contributed by atoms with Gasteiger partial charge in [-0.25, -0.2) is 9.59 Å². The van der Waals surface area contributed by atoms with Crippen LogP contribution in [0.25, 0.3) is 0 Å². The molecule has 0 spiro atoms. The van der Waals surface area contributed by atoms with E-state index in [1.165, 1.54) is 16.7 Å². The van der Waals surface area contributed by atoms with Crippen LogP contribution in [0.1, 0.15) is 50.0 Å². The second kappa shape index (κ2) is 17.6. The number of hydrogen-bond donors (Lipinski definition) is 2. The number of alkyl carbamates (subject to hydrolysis) is 1. The number of anilines is 1. The Kier molecular flexibility index (Phi) is 12.2. The monoisotopic (exact) mass is 816 g/mol. The van der Waals surface area contributed by atoms with Gasteiger partial charge in [0.2, 0.25) is 12.5 Å². The molecule has 2 fully saturated rings. The summed E-state index contributed by atoms with van der Waals surface area (Å²) in [5.41, 5.74) is 3.31. The van der Waals surface area contributed by atoms with Gasteiger partial charge in [-0.05, 0) is 79.8 Å². The Morgan fingerprint density at radius 3 is 2.17 bits per heavy atom. The van der Waals surface area contributed by atoms with Crippen molar-refractivity contribution >= 4 is 47.2 Å².